The fraction of sp³-hybridized carbons (Fsp3) is 0.158. The fourth-order valence-corrected chi connectivity index (χ4v) is 3.48. The number of nitro groups is 1. The summed E-state index contributed by atoms with van der Waals surface area (Å²) in [5, 5.41) is 10.6. The van der Waals surface area contributed by atoms with Crippen LogP contribution in [0.5, 0.6) is 0 Å². The summed E-state index contributed by atoms with van der Waals surface area (Å²) in [7, 11) is 0. The lowest BCUT2D eigenvalue weighted by Crippen LogP contribution is -2.20. The monoisotopic (exact) mass is 420 g/mol. The largest absolute Gasteiger partial charge is 0.420 e. The summed E-state index contributed by atoms with van der Waals surface area (Å²) < 4.78 is 40.3. The van der Waals surface area contributed by atoms with Crippen LogP contribution < -0.4 is 4.90 Å². The lowest BCUT2D eigenvalue weighted by Gasteiger charge is -2.22. The van der Waals surface area contributed by atoms with Crippen LogP contribution in [0.1, 0.15) is 12.5 Å². The molecule has 0 aliphatic heterocycles. The molecule has 0 unspecified atom stereocenters. The van der Waals surface area contributed by atoms with Crippen molar-refractivity contribution in [3.05, 3.63) is 76.5 Å². The molecule has 0 atom stereocenters. The average Bonchev–Trinajstić information content (AvgIpc) is 2.69. The Morgan fingerprint density at radius 3 is 2.31 bits per heavy atom. The third-order valence-electron chi connectivity index (χ3n) is 3.93. The zero-order valence-corrected chi connectivity index (χ0v) is 15.9. The highest BCUT2D eigenvalue weighted by molar-refractivity contribution is 7.99. The van der Waals surface area contributed by atoms with Crippen LogP contribution >= 0.6 is 11.8 Å². The number of non-ortho nitro benzene ring substituents is 1. The first-order valence-electron chi connectivity index (χ1n) is 8.48. The topological polar surface area (TPSA) is 72.2 Å². The second kappa shape index (κ2) is 8.48. The highest BCUT2D eigenvalue weighted by atomic mass is 32.2. The van der Waals surface area contributed by atoms with Gasteiger partial charge in [0.2, 0.25) is 5.95 Å². The Kier molecular flexibility index (Phi) is 6.02. The van der Waals surface area contributed by atoms with E-state index in [0.717, 1.165) is 18.0 Å². The Hall–Kier alpha value is -3.14. The second-order valence-electron chi connectivity index (χ2n) is 5.82. The summed E-state index contributed by atoms with van der Waals surface area (Å²) in [6, 6.07) is 14.3. The van der Waals surface area contributed by atoms with E-state index in [4.69, 9.17) is 0 Å². The summed E-state index contributed by atoms with van der Waals surface area (Å²) in [5.41, 5.74) is -0.471. The number of rotatable bonds is 6. The van der Waals surface area contributed by atoms with Gasteiger partial charge in [-0.3, -0.25) is 10.1 Å². The molecular formula is C19H15F3N4O2S. The maximum Gasteiger partial charge on any atom is 0.420 e. The zero-order valence-electron chi connectivity index (χ0n) is 15.1. The molecule has 6 nitrogen and oxygen atoms in total. The lowest BCUT2D eigenvalue weighted by atomic mass is 10.2. The Bertz CT molecular complexity index is 999. The Balaban J connectivity index is 2.01. The van der Waals surface area contributed by atoms with E-state index in [2.05, 4.69) is 9.97 Å². The molecule has 0 bridgehead atoms. The van der Waals surface area contributed by atoms with Crippen molar-refractivity contribution in [1.29, 1.82) is 0 Å². The minimum atomic E-state index is -4.60. The smallest absolute Gasteiger partial charge is 0.311 e. The third kappa shape index (κ3) is 4.83. The summed E-state index contributed by atoms with van der Waals surface area (Å²) in [5.74, 6) is 0.0767. The van der Waals surface area contributed by atoms with E-state index < -0.39 is 16.7 Å². The van der Waals surface area contributed by atoms with Gasteiger partial charge in [0, 0.05) is 35.5 Å². The van der Waals surface area contributed by atoms with Crippen LogP contribution in [-0.4, -0.2) is 21.4 Å². The molecule has 0 N–H and O–H groups in total. The highest BCUT2D eigenvalue weighted by Gasteiger charge is 2.35. The normalized spacial score (nSPS) is 11.3. The van der Waals surface area contributed by atoms with Crippen LogP contribution in [0.25, 0.3) is 0 Å². The van der Waals surface area contributed by atoms with Crippen LogP contribution in [0.3, 0.4) is 0 Å². The van der Waals surface area contributed by atoms with Crippen LogP contribution in [0.2, 0.25) is 0 Å². The minimum Gasteiger partial charge on any atom is -0.311 e. The average molecular weight is 420 g/mol. The number of hydrogen-bond acceptors (Lipinski definition) is 6. The molecule has 1 heterocycles. The molecule has 0 spiro atoms. The maximum absolute atomic E-state index is 13.4. The van der Waals surface area contributed by atoms with Crippen molar-refractivity contribution in [1.82, 2.24) is 9.97 Å². The molecule has 2 aromatic carbocycles. The van der Waals surface area contributed by atoms with Gasteiger partial charge in [-0.25, -0.2) is 9.97 Å². The van der Waals surface area contributed by atoms with E-state index in [9.17, 15) is 23.3 Å². The van der Waals surface area contributed by atoms with Gasteiger partial charge in [0.1, 0.15) is 10.6 Å². The van der Waals surface area contributed by atoms with Gasteiger partial charge >= 0.3 is 6.18 Å². The number of aromatic nitrogens is 2. The van der Waals surface area contributed by atoms with Gasteiger partial charge in [-0.1, -0.05) is 30.0 Å². The van der Waals surface area contributed by atoms with Crippen LogP contribution in [0.4, 0.5) is 30.5 Å². The van der Waals surface area contributed by atoms with Gasteiger partial charge in [-0.15, -0.1) is 0 Å². The minimum absolute atomic E-state index is 0.0767. The van der Waals surface area contributed by atoms with Gasteiger partial charge in [0.05, 0.1) is 4.92 Å². The van der Waals surface area contributed by atoms with E-state index in [1.807, 2.05) is 0 Å². The number of halogens is 3. The first kappa shape index (κ1) is 20.6. The van der Waals surface area contributed by atoms with Gasteiger partial charge in [-0.05, 0) is 31.2 Å². The Labute approximate surface area is 168 Å². The van der Waals surface area contributed by atoms with E-state index in [0.29, 0.717) is 17.1 Å². The van der Waals surface area contributed by atoms with Crippen molar-refractivity contribution in [2.45, 2.75) is 23.0 Å². The van der Waals surface area contributed by atoms with Gasteiger partial charge in [0.15, 0.2) is 0 Å². The highest BCUT2D eigenvalue weighted by Crippen LogP contribution is 2.39. The molecule has 29 heavy (non-hydrogen) atoms. The van der Waals surface area contributed by atoms with Crippen molar-refractivity contribution in [3.8, 4) is 0 Å². The number of hydrogen-bond donors (Lipinski definition) is 0. The molecular weight excluding hydrogens is 405 g/mol. The maximum atomic E-state index is 13.4. The van der Waals surface area contributed by atoms with Gasteiger partial charge in [-0.2, -0.15) is 13.2 Å². The second-order valence-corrected chi connectivity index (χ2v) is 6.88. The van der Waals surface area contributed by atoms with E-state index in [1.165, 1.54) is 24.3 Å². The van der Waals surface area contributed by atoms with Crippen molar-refractivity contribution >= 4 is 29.1 Å². The summed E-state index contributed by atoms with van der Waals surface area (Å²) >= 11 is 0.898. The molecule has 3 rings (SSSR count). The molecule has 10 heteroatoms. The molecule has 0 aliphatic rings. The van der Waals surface area contributed by atoms with Crippen molar-refractivity contribution in [3.63, 3.8) is 0 Å². The molecule has 0 amide bonds. The van der Waals surface area contributed by atoms with Crippen LogP contribution in [0.15, 0.2) is 70.7 Å². The first-order chi connectivity index (χ1) is 13.8. The molecule has 3 aromatic rings. The predicted octanol–water partition coefficient (Wildman–Crippen LogP) is 5.71. The van der Waals surface area contributed by atoms with Crippen molar-refractivity contribution in [2.75, 3.05) is 11.4 Å². The number of anilines is 2. The van der Waals surface area contributed by atoms with Crippen molar-refractivity contribution in [2.24, 2.45) is 0 Å². The predicted molar refractivity (Wildman–Crippen MR) is 103 cm³/mol. The van der Waals surface area contributed by atoms with Gasteiger partial charge < -0.3 is 4.90 Å². The summed E-state index contributed by atoms with van der Waals surface area (Å²) in [4.78, 5) is 20.6. The molecule has 150 valence electrons. The molecule has 0 saturated carbocycles. The standard InChI is InChI=1S/C19H15F3N4O2S/c1-2-25(13-8-10-14(11-9-13)26(27)28)18-23-12-16(19(20,21)22)17(24-18)29-15-6-4-3-5-7-15/h3-12H,2H2,1H3. The molecule has 0 aliphatic carbocycles. The van der Waals surface area contributed by atoms with E-state index in [-0.39, 0.29) is 16.7 Å². The van der Waals surface area contributed by atoms with Crippen LogP contribution in [0, 0.1) is 10.1 Å². The number of nitrogens with zero attached hydrogens (tertiary/aromatic N) is 4. The first-order valence-corrected chi connectivity index (χ1v) is 9.30. The zero-order chi connectivity index (χ0) is 21.0. The fourth-order valence-electron chi connectivity index (χ4n) is 2.55. The third-order valence-corrected chi connectivity index (χ3v) is 4.95. The molecule has 0 fully saturated rings. The SMILES string of the molecule is CCN(c1ccc([N+](=O)[O-])cc1)c1ncc(C(F)(F)F)c(Sc2ccccc2)n1. The quantitative estimate of drug-likeness (QED) is 0.289. The Morgan fingerprint density at radius 2 is 1.76 bits per heavy atom. The lowest BCUT2D eigenvalue weighted by molar-refractivity contribution is -0.384. The van der Waals surface area contributed by atoms with Gasteiger partial charge in [0.25, 0.3) is 5.69 Å². The molecule has 0 saturated heterocycles. The number of alkyl halides is 3. The van der Waals surface area contributed by atoms with E-state index in [1.54, 1.807) is 42.2 Å². The number of benzene rings is 2. The summed E-state index contributed by atoms with van der Waals surface area (Å²) in [6.07, 6.45) is -3.83. The molecule has 0 radical (unpaired) electrons. The van der Waals surface area contributed by atoms with Crippen LogP contribution in [-0.2, 0) is 6.18 Å². The number of nitro benzene ring substituents is 1. The summed E-state index contributed by atoms with van der Waals surface area (Å²) in [6.45, 7) is 2.14. The van der Waals surface area contributed by atoms with E-state index >= 15 is 0 Å². The molecule has 1 aromatic heterocycles. The Morgan fingerprint density at radius 1 is 1.10 bits per heavy atom. The van der Waals surface area contributed by atoms with Crippen molar-refractivity contribution < 1.29 is 18.1 Å².